The minimum absolute atomic E-state index is 0.113. The second-order valence-electron chi connectivity index (χ2n) is 5.58. The Balaban J connectivity index is 2.37. The van der Waals surface area contributed by atoms with Crippen molar-refractivity contribution in [2.45, 2.75) is 32.7 Å². The number of nitro benzene ring substituents is 1. The first-order valence-corrected chi connectivity index (χ1v) is 7.01. The number of non-ortho nitro benzene ring substituents is 1. The van der Waals surface area contributed by atoms with E-state index < -0.39 is 4.92 Å². The van der Waals surface area contributed by atoms with Crippen molar-refractivity contribution in [3.05, 3.63) is 33.9 Å². The first-order valence-electron chi connectivity index (χ1n) is 7.01. The van der Waals surface area contributed by atoms with Gasteiger partial charge in [0.15, 0.2) is 0 Å². The van der Waals surface area contributed by atoms with Crippen LogP contribution in [-0.4, -0.2) is 28.3 Å². The van der Waals surface area contributed by atoms with Crippen LogP contribution in [0.25, 0.3) is 0 Å². The highest BCUT2D eigenvalue weighted by atomic mass is 16.6. The fourth-order valence-electron chi connectivity index (χ4n) is 2.84. The van der Waals surface area contributed by atoms with Crippen LogP contribution >= 0.6 is 0 Å². The molecule has 7 nitrogen and oxygen atoms in total. The summed E-state index contributed by atoms with van der Waals surface area (Å²) in [6, 6.07) is 4.25. The molecule has 0 aromatic heterocycles. The van der Waals surface area contributed by atoms with Crippen molar-refractivity contribution in [2.24, 2.45) is 11.8 Å². The number of rotatable bonds is 4. The zero-order chi connectivity index (χ0) is 15.6. The molecule has 1 saturated heterocycles. The molecule has 114 valence electrons. The number of anilines is 1. The van der Waals surface area contributed by atoms with Gasteiger partial charge >= 0.3 is 0 Å². The fraction of sp³-hybridized carbons (Fsp3) is 0.500. The second kappa shape index (κ2) is 6.09. The van der Waals surface area contributed by atoms with E-state index >= 15 is 0 Å². The number of hydrogen-bond donors (Lipinski definition) is 2. The molecule has 0 saturated carbocycles. The predicted octanol–water partition coefficient (Wildman–Crippen LogP) is 2.14. The number of carbonyl (C=O) groups excluding carboxylic acids is 1. The highest BCUT2D eigenvalue weighted by molar-refractivity contribution is 6.00. The summed E-state index contributed by atoms with van der Waals surface area (Å²) in [4.78, 5) is 24.9. The molecule has 0 radical (unpaired) electrons. The molecule has 3 N–H and O–H groups in total. The largest absolute Gasteiger partial charge is 0.335 e. The summed E-state index contributed by atoms with van der Waals surface area (Å²) in [5.41, 5.74) is 2.98. The van der Waals surface area contributed by atoms with Gasteiger partial charge in [-0.05, 0) is 24.8 Å². The number of hydrazine groups is 1. The Morgan fingerprint density at radius 1 is 1.52 bits per heavy atom. The maximum Gasteiger partial charge on any atom is 0.270 e. The van der Waals surface area contributed by atoms with Gasteiger partial charge in [0.25, 0.3) is 11.6 Å². The molecule has 21 heavy (non-hydrogen) atoms. The van der Waals surface area contributed by atoms with Gasteiger partial charge in [0.2, 0.25) is 0 Å². The van der Waals surface area contributed by atoms with E-state index in [1.807, 2.05) is 0 Å². The topological polar surface area (TPSA) is 102 Å². The van der Waals surface area contributed by atoms with E-state index in [2.05, 4.69) is 19.3 Å². The number of nitrogens with one attached hydrogen (secondary N) is 1. The first-order chi connectivity index (χ1) is 9.95. The molecule has 1 unspecified atom stereocenters. The highest BCUT2D eigenvalue weighted by Gasteiger charge is 2.32. The third kappa shape index (κ3) is 2.97. The standard InChI is InChI=1S/C14H20N4O3/c1-9(2)13-4-3-7-17(13)14(19)11-8-10(18(20)21)5-6-12(11)16-15/h5-6,8-9,13,16H,3-4,7,15H2,1-2H3. The summed E-state index contributed by atoms with van der Waals surface area (Å²) < 4.78 is 0. The molecule has 1 atom stereocenters. The molecule has 2 rings (SSSR count). The summed E-state index contributed by atoms with van der Waals surface area (Å²) in [7, 11) is 0. The first kappa shape index (κ1) is 15.2. The van der Waals surface area contributed by atoms with E-state index in [-0.39, 0.29) is 23.2 Å². The second-order valence-corrected chi connectivity index (χ2v) is 5.58. The van der Waals surface area contributed by atoms with Crippen LogP contribution in [0.15, 0.2) is 18.2 Å². The summed E-state index contributed by atoms with van der Waals surface area (Å²) in [5, 5.41) is 10.9. The Bertz CT molecular complexity index is 559. The molecule has 1 aromatic rings. The lowest BCUT2D eigenvalue weighted by Gasteiger charge is -2.28. The number of benzene rings is 1. The van der Waals surface area contributed by atoms with E-state index in [1.165, 1.54) is 18.2 Å². The number of nitrogens with zero attached hydrogens (tertiary/aromatic N) is 2. The molecule has 0 spiro atoms. The smallest absolute Gasteiger partial charge is 0.270 e. The summed E-state index contributed by atoms with van der Waals surface area (Å²) >= 11 is 0. The van der Waals surface area contributed by atoms with Gasteiger partial charge < -0.3 is 10.3 Å². The van der Waals surface area contributed by atoms with Gasteiger partial charge in [-0.1, -0.05) is 13.8 Å². The molecule has 1 aliphatic heterocycles. The molecular weight excluding hydrogens is 272 g/mol. The Morgan fingerprint density at radius 2 is 2.24 bits per heavy atom. The van der Waals surface area contributed by atoms with Crippen LogP contribution in [0.1, 0.15) is 37.0 Å². The lowest BCUT2D eigenvalue weighted by molar-refractivity contribution is -0.384. The SMILES string of the molecule is CC(C)C1CCCN1C(=O)c1cc([N+](=O)[O-])ccc1NN. The van der Waals surface area contributed by atoms with Crippen LogP contribution in [0, 0.1) is 16.0 Å². The van der Waals surface area contributed by atoms with Crippen molar-refractivity contribution in [3.8, 4) is 0 Å². The van der Waals surface area contributed by atoms with Crippen molar-refractivity contribution in [1.82, 2.24) is 4.90 Å². The number of nitro groups is 1. The van der Waals surface area contributed by atoms with Crippen LogP contribution in [0.3, 0.4) is 0 Å². The lowest BCUT2D eigenvalue weighted by atomic mass is 10.0. The molecule has 0 bridgehead atoms. The zero-order valence-electron chi connectivity index (χ0n) is 12.2. The molecular formula is C14H20N4O3. The average molecular weight is 292 g/mol. The summed E-state index contributed by atoms with van der Waals surface area (Å²) in [5.74, 6) is 5.56. The third-order valence-electron chi connectivity index (χ3n) is 3.93. The number of carbonyl (C=O) groups is 1. The van der Waals surface area contributed by atoms with Crippen LogP contribution in [-0.2, 0) is 0 Å². The molecule has 1 aromatic carbocycles. The van der Waals surface area contributed by atoms with Crippen LogP contribution in [0.4, 0.5) is 11.4 Å². The molecule has 1 fully saturated rings. The number of nitrogen functional groups attached to an aromatic ring is 1. The van der Waals surface area contributed by atoms with E-state index in [1.54, 1.807) is 4.90 Å². The van der Waals surface area contributed by atoms with Gasteiger partial charge in [0.05, 0.1) is 16.2 Å². The van der Waals surface area contributed by atoms with Crippen molar-refractivity contribution >= 4 is 17.3 Å². The monoisotopic (exact) mass is 292 g/mol. The van der Waals surface area contributed by atoms with Crippen LogP contribution < -0.4 is 11.3 Å². The normalized spacial score (nSPS) is 18.1. The minimum Gasteiger partial charge on any atom is -0.335 e. The maximum absolute atomic E-state index is 12.7. The lowest BCUT2D eigenvalue weighted by Crippen LogP contribution is -2.39. The van der Waals surface area contributed by atoms with Crippen molar-refractivity contribution in [3.63, 3.8) is 0 Å². The average Bonchev–Trinajstić information content (AvgIpc) is 2.95. The fourth-order valence-corrected chi connectivity index (χ4v) is 2.84. The van der Waals surface area contributed by atoms with Crippen molar-refractivity contribution in [2.75, 3.05) is 12.0 Å². The van der Waals surface area contributed by atoms with E-state index in [0.29, 0.717) is 18.2 Å². The third-order valence-corrected chi connectivity index (χ3v) is 3.93. The van der Waals surface area contributed by atoms with Gasteiger partial charge in [-0.25, -0.2) is 0 Å². The molecule has 0 aliphatic carbocycles. The van der Waals surface area contributed by atoms with Gasteiger partial charge in [-0.3, -0.25) is 20.8 Å². The van der Waals surface area contributed by atoms with E-state index in [9.17, 15) is 14.9 Å². The van der Waals surface area contributed by atoms with Gasteiger partial charge in [0.1, 0.15) is 0 Å². The number of nitrogens with two attached hydrogens (primary N) is 1. The number of hydrogen-bond acceptors (Lipinski definition) is 5. The zero-order valence-corrected chi connectivity index (χ0v) is 12.2. The van der Waals surface area contributed by atoms with Crippen molar-refractivity contribution in [1.29, 1.82) is 0 Å². The Hall–Kier alpha value is -2.15. The number of likely N-dealkylation sites (tertiary alicyclic amines) is 1. The van der Waals surface area contributed by atoms with E-state index in [4.69, 9.17) is 5.84 Å². The van der Waals surface area contributed by atoms with E-state index in [0.717, 1.165) is 12.8 Å². The maximum atomic E-state index is 12.7. The van der Waals surface area contributed by atoms with Crippen LogP contribution in [0.5, 0.6) is 0 Å². The Labute approximate surface area is 123 Å². The van der Waals surface area contributed by atoms with Gasteiger partial charge in [0, 0.05) is 24.7 Å². The van der Waals surface area contributed by atoms with Gasteiger partial charge in [-0.2, -0.15) is 0 Å². The molecule has 1 amide bonds. The minimum atomic E-state index is -0.513. The Kier molecular flexibility index (Phi) is 4.42. The molecule has 7 heteroatoms. The Morgan fingerprint density at radius 3 is 2.81 bits per heavy atom. The summed E-state index contributed by atoms with van der Waals surface area (Å²) in [6.07, 6.45) is 1.92. The predicted molar refractivity (Wildman–Crippen MR) is 79.8 cm³/mol. The van der Waals surface area contributed by atoms with Crippen molar-refractivity contribution < 1.29 is 9.72 Å². The van der Waals surface area contributed by atoms with Crippen LogP contribution in [0.2, 0.25) is 0 Å². The highest BCUT2D eigenvalue weighted by Crippen LogP contribution is 2.29. The van der Waals surface area contributed by atoms with Gasteiger partial charge in [-0.15, -0.1) is 0 Å². The number of amides is 1. The molecule has 1 aliphatic rings. The quantitative estimate of drug-likeness (QED) is 0.503. The molecule has 1 heterocycles. The summed E-state index contributed by atoms with van der Waals surface area (Å²) in [6.45, 7) is 4.83.